The van der Waals surface area contributed by atoms with Gasteiger partial charge in [0.15, 0.2) is 6.10 Å². The van der Waals surface area contributed by atoms with E-state index in [1.165, 1.54) is 44.9 Å². The molecule has 0 amide bonds. The number of phosphoric ester groups is 1. The van der Waals surface area contributed by atoms with Gasteiger partial charge in [-0.05, 0) is 77.0 Å². The molecule has 0 radical (unpaired) electrons. The second kappa shape index (κ2) is 37.8. The summed E-state index contributed by atoms with van der Waals surface area (Å²) in [5.74, 6) is -2.50. The van der Waals surface area contributed by atoms with Crippen LogP contribution in [0.3, 0.4) is 0 Å². The number of nitrogens with two attached hydrogens (primary N) is 1. The second-order valence-electron chi connectivity index (χ2n) is 13.4. The van der Waals surface area contributed by atoms with Crippen LogP contribution in [0.15, 0.2) is 72.9 Å². The number of carboxylic acid groups (broad SMARTS) is 1. The highest BCUT2D eigenvalue weighted by Gasteiger charge is 2.28. The van der Waals surface area contributed by atoms with E-state index in [-0.39, 0.29) is 12.8 Å². The maximum Gasteiger partial charge on any atom is 0.472 e. The van der Waals surface area contributed by atoms with Gasteiger partial charge in [-0.3, -0.25) is 23.4 Å². The first kappa shape index (κ1) is 51.9. The van der Waals surface area contributed by atoms with Gasteiger partial charge in [-0.1, -0.05) is 132 Å². The summed E-state index contributed by atoms with van der Waals surface area (Å²) in [4.78, 5) is 45.8. The van der Waals surface area contributed by atoms with Crippen LogP contribution in [-0.4, -0.2) is 59.9 Å². The Morgan fingerprint density at radius 1 is 0.564 bits per heavy atom. The number of aliphatic carboxylic acids is 1. The van der Waals surface area contributed by atoms with Crippen LogP contribution < -0.4 is 5.73 Å². The lowest BCUT2D eigenvalue weighted by molar-refractivity contribution is -0.161. The molecular weight excluding hydrogens is 721 g/mol. The molecule has 0 rings (SSSR count). The number of rotatable bonds is 37. The van der Waals surface area contributed by atoms with E-state index >= 15 is 0 Å². The molecule has 0 aromatic heterocycles. The van der Waals surface area contributed by atoms with E-state index in [1.54, 1.807) is 0 Å². The minimum atomic E-state index is -4.73. The van der Waals surface area contributed by atoms with Crippen molar-refractivity contribution in [2.24, 2.45) is 5.73 Å². The molecule has 0 spiro atoms. The first-order valence-electron chi connectivity index (χ1n) is 20.5. The minimum Gasteiger partial charge on any atom is -0.480 e. The van der Waals surface area contributed by atoms with Crippen molar-refractivity contribution >= 4 is 25.7 Å². The molecule has 1 unspecified atom stereocenters. The van der Waals surface area contributed by atoms with E-state index in [9.17, 15) is 23.8 Å². The summed E-state index contributed by atoms with van der Waals surface area (Å²) in [6, 6.07) is -1.53. The van der Waals surface area contributed by atoms with Gasteiger partial charge in [0.2, 0.25) is 0 Å². The van der Waals surface area contributed by atoms with Gasteiger partial charge in [-0.2, -0.15) is 0 Å². The number of carbonyl (C=O) groups excluding carboxylic acids is 2. The summed E-state index contributed by atoms with van der Waals surface area (Å²) in [5.41, 5.74) is 5.32. The molecule has 0 aliphatic heterocycles. The fraction of sp³-hybridized carbons (Fsp3) is 0.651. The normalized spacial score (nSPS) is 14.5. The van der Waals surface area contributed by atoms with Crippen LogP contribution in [0.5, 0.6) is 0 Å². The van der Waals surface area contributed by atoms with Crippen LogP contribution in [0.25, 0.3) is 0 Å². The summed E-state index contributed by atoms with van der Waals surface area (Å²) >= 11 is 0. The third kappa shape index (κ3) is 37.6. The predicted molar refractivity (Wildman–Crippen MR) is 221 cm³/mol. The Bertz CT molecular complexity index is 1210. The summed E-state index contributed by atoms with van der Waals surface area (Å²) in [5, 5.41) is 8.87. The lowest BCUT2D eigenvalue weighted by Crippen LogP contribution is -2.34. The van der Waals surface area contributed by atoms with Gasteiger partial charge in [-0.25, -0.2) is 4.57 Å². The van der Waals surface area contributed by atoms with E-state index < -0.39 is 57.7 Å². The van der Waals surface area contributed by atoms with Crippen molar-refractivity contribution in [1.29, 1.82) is 0 Å². The van der Waals surface area contributed by atoms with Gasteiger partial charge in [-0.15, -0.1) is 0 Å². The van der Waals surface area contributed by atoms with Gasteiger partial charge >= 0.3 is 25.7 Å². The van der Waals surface area contributed by atoms with Crippen LogP contribution in [0.2, 0.25) is 0 Å². The average Bonchev–Trinajstić information content (AvgIpc) is 3.16. The molecule has 4 N–H and O–H groups in total. The number of carboxylic acids is 1. The number of hydrogen-bond acceptors (Lipinski definition) is 9. The predicted octanol–water partition coefficient (Wildman–Crippen LogP) is 10.6. The van der Waals surface area contributed by atoms with E-state index in [0.29, 0.717) is 12.8 Å². The molecule has 55 heavy (non-hydrogen) atoms. The molecule has 0 saturated carbocycles. The number of unbranched alkanes of at least 4 members (excludes halogenated alkanes) is 11. The number of esters is 2. The molecule has 3 atom stereocenters. The van der Waals surface area contributed by atoms with E-state index in [4.69, 9.17) is 24.8 Å². The van der Waals surface area contributed by atoms with E-state index in [0.717, 1.165) is 64.2 Å². The first-order chi connectivity index (χ1) is 26.6. The zero-order valence-electron chi connectivity index (χ0n) is 33.7. The second-order valence-corrected chi connectivity index (χ2v) is 14.9. The molecule has 0 bridgehead atoms. The van der Waals surface area contributed by atoms with Crippen LogP contribution in [0.1, 0.15) is 149 Å². The third-order valence-corrected chi connectivity index (χ3v) is 9.14. The van der Waals surface area contributed by atoms with Crippen molar-refractivity contribution in [3.05, 3.63) is 72.9 Å². The Kier molecular flexibility index (Phi) is 35.7. The highest BCUT2D eigenvalue weighted by molar-refractivity contribution is 7.47. The van der Waals surface area contributed by atoms with Gasteiger partial charge in [0.05, 0.1) is 13.2 Å². The topological polar surface area (TPSA) is 172 Å². The van der Waals surface area contributed by atoms with Crippen molar-refractivity contribution in [2.45, 2.75) is 161 Å². The molecule has 0 aromatic rings. The zero-order chi connectivity index (χ0) is 40.7. The van der Waals surface area contributed by atoms with E-state index in [2.05, 4.69) is 79.1 Å². The van der Waals surface area contributed by atoms with Gasteiger partial charge < -0.3 is 25.2 Å². The number of carbonyl (C=O) groups is 3. The molecule has 0 aliphatic rings. The van der Waals surface area contributed by atoms with Crippen LogP contribution in [0.4, 0.5) is 0 Å². The Morgan fingerprint density at radius 3 is 1.53 bits per heavy atom. The number of phosphoric acid groups is 1. The van der Waals surface area contributed by atoms with Crippen LogP contribution in [0, 0.1) is 0 Å². The maximum atomic E-state index is 12.6. The first-order valence-corrected chi connectivity index (χ1v) is 22.0. The minimum absolute atomic E-state index is 0.0932. The fourth-order valence-electron chi connectivity index (χ4n) is 4.92. The maximum absolute atomic E-state index is 12.6. The SMILES string of the molecule is CCCCC/C=C/C/C=C/C/C=C/C/C=C/C/C=C/CCC(=O)OC[C@@H](COP(=O)(O)OC[C@@H](N)C(=O)O)OC(=O)CCCCCCC/C=C/CCCCC. The molecule has 0 aliphatic carbocycles. The third-order valence-electron chi connectivity index (χ3n) is 8.19. The molecule has 12 heteroatoms. The molecule has 11 nitrogen and oxygen atoms in total. The summed E-state index contributed by atoms with van der Waals surface area (Å²) in [6.45, 7) is 2.64. The largest absolute Gasteiger partial charge is 0.480 e. The quantitative estimate of drug-likeness (QED) is 0.0236. The van der Waals surface area contributed by atoms with Crippen molar-refractivity contribution < 1.29 is 47.5 Å². The standard InChI is InChI=1S/C43H72NO10P/c1-3-5-7-9-11-13-15-17-18-19-20-21-22-23-25-26-28-30-32-34-41(45)51-36-39(37-52-55(49,50)53-38-40(44)43(47)48)54-42(46)35-33-31-29-27-24-16-14-12-10-8-6-4-2/h11-14,17-18,20-21,23,25,28,30,39-40H,3-10,15-16,19,22,24,26-27,29,31-38,44H2,1-2H3,(H,47,48)(H,49,50)/b13-11+,14-12+,18-17+,21-20+,25-23+,30-28+/t39-,40+/m0/s1. The molecule has 0 aromatic carbocycles. The highest BCUT2D eigenvalue weighted by Crippen LogP contribution is 2.43. The number of hydrogen-bond donors (Lipinski definition) is 3. The molecule has 0 fully saturated rings. The van der Waals surface area contributed by atoms with Crippen molar-refractivity contribution in [3.63, 3.8) is 0 Å². The molecular formula is C43H72NO10P. The Balaban J connectivity index is 4.53. The van der Waals surface area contributed by atoms with Gasteiger partial charge in [0, 0.05) is 12.8 Å². The monoisotopic (exact) mass is 793 g/mol. The average molecular weight is 794 g/mol. The van der Waals surface area contributed by atoms with Crippen LogP contribution >= 0.6 is 7.82 Å². The highest BCUT2D eigenvalue weighted by atomic mass is 31.2. The summed E-state index contributed by atoms with van der Waals surface area (Å²) < 4.78 is 32.5. The zero-order valence-corrected chi connectivity index (χ0v) is 34.6. The van der Waals surface area contributed by atoms with Crippen LogP contribution in [-0.2, 0) is 37.5 Å². The lowest BCUT2D eigenvalue weighted by atomic mass is 10.1. The molecule has 0 saturated heterocycles. The Hall–Kier alpha value is -3.08. The van der Waals surface area contributed by atoms with Gasteiger partial charge in [0.1, 0.15) is 12.6 Å². The lowest BCUT2D eigenvalue weighted by Gasteiger charge is -2.20. The van der Waals surface area contributed by atoms with Gasteiger partial charge in [0.25, 0.3) is 0 Å². The fourth-order valence-corrected chi connectivity index (χ4v) is 5.70. The number of ether oxygens (including phenoxy) is 2. The van der Waals surface area contributed by atoms with Crippen molar-refractivity contribution in [1.82, 2.24) is 0 Å². The van der Waals surface area contributed by atoms with Crippen molar-refractivity contribution in [2.75, 3.05) is 19.8 Å². The van der Waals surface area contributed by atoms with E-state index in [1.807, 2.05) is 12.2 Å². The molecule has 0 heterocycles. The Morgan fingerprint density at radius 2 is 1.00 bits per heavy atom. The summed E-state index contributed by atoms with van der Waals surface area (Å²) in [6.07, 6.45) is 44.1. The summed E-state index contributed by atoms with van der Waals surface area (Å²) in [7, 11) is -4.73. The van der Waals surface area contributed by atoms with Crippen molar-refractivity contribution in [3.8, 4) is 0 Å². The smallest absolute Gasteiger partial charge is 0.472 e. The number of allylic oxidation sites excluding steroid dienone is 12. The Labute approximate surface area is 331 Å². The molecule has 314 valence electrons.